The quantitative estimate of drug-likeness (QED) is 0.00781. The van der Waals surface area contributed by atoms with Gasteiger partial charge in [0.2, 0.25) is 10.0 Å². The second-order valence-electron chi connectivity index (χ2n) is 13.3. The molecule has 38 heteroatoms. The maximum atomic E-state index is 13.0. The van der Waals surface area contributed by atoms with E-state index in [9.17, 15) is 77.6 Å². The zero-order valence-corrected chi connectivity index (χ0v) is 38.7. The molecule has 6 rings (SSSR count). The number of fused-ring (bicyclic) bond motifs is 2. The predicted molar refractivity (Wildman–Crippen MR) is 237 cm³/mol. The van der Waals surface area contributed by atoms with Crippen LogP contribution in [0.2, 0.25) is 0 Å². The van der Waals surface area contributed by atoms with Gasteiger partial charge in [-0.15, -0.1) is 39.4 Å². The monoisotopic (exact) mass is 1100 g/mol. The fraction of sp³-hybridized carbons (Fsp3) is 0. The highest BCUT2D eigenvalue weighted by molar-refractivity contribution is 7.95. The van der Waals surface area contributed by atoms with Crippen molar-refractivity contribution in [3.8, 4) is 11.5 Å². The van der Waals surface area contributed by atoms with Crippen LogP contribution in [0.15, 0.2) is 127 Å². The largest absolute Gasteiger partial charge is 0.505 e. The van der Waals surface area contributed by atoms with Crippen LogP contribution >= 0.6 is 24.1 Å². The average molecular weight is 1110 g/mol. The molecule has 32 nitrogen and oxygen atoms in total. The molecule has 12 N–H and O–H groups in total. The summed E-state index contributed by atoms with van der Waals surface area (Å²) in [5, 5.41) is 92.6. The van der Waals surface area contributed by atoms with Crippen LogP contribution in [0.4, 0.5) is 45.5 Å². The number of carboxylic acids is 1. The molecule has 0 aliphatic carbocycles. The number of sulfonamides is 1. The Balaban J connectivity index is 1.56. The lowest BCUT2D eigenvalue weighted by Gasteiger charge is -2.15. The lowest BCUT2D eigenvalue weighted by molar-refractivity contribution is -0.432. The summed E-state index contributed by atoms with van der Waals surface area (Å²) in [7, 11) is -21.1. The number of hydrogen-bond donors (Lipinski definition) is 10. The number of nitrogens with zero attached hydrogens (tertiary/aromatic N) is 7. The van der Waals surface area contributed by atoms with Gasteiger partial charge in [0.1, 0.15) is 43.1 Å². The summed E-state index contributed by atoms with van der Waals surface area (Å²) in [6, 6.07) is 8.52. The maximum absolute atomic E-state index is 13.0. The number of rotatable bonds is 18. The van der Waals surface area contributed by atoms with Gasteiger partial charge in [0, 0.05) is 27.1 Å². The number of aromatic hydroxyl groups is 2. The Bertz CT molecular complexity index is 3800. The van der Waals surface area contributed by atoms with E-state index in [0.29, 0.717) is 30.2 Å². The van der Waals surface area contributed by atoms with Gasteiger partial charge in [-0.1, -0.05) is 10.1 Å². The van der Waals surface area contributed by atoms with Crippen molar-refractivity contribution in [2.24, 2.45) is 35.8 Å². The van der Waals surface area contributed by atoms with Crippen molar-refractivity contribution in [1.82, 2.24) is 0 Å². The first-order valence-electron chi connectivity index (χ1n) is 17.7. The SMILES string of the molecule is Nc1c(N=Nc2ccc3c(O)c(N=Nc4ccc(S(N)(=O)=O)cc4C(=O)O)c(S(=O)(=O)O)cc3c2S(=O)(=O)O)cc(S(=O)(=O)O)c2cc(SOOO)c(N=Nc3ccc(SOOO)cc3[N+](=O)[O-])c(O)c12. The topological polar surface area (TPSA) is 522 Å². The van der Waals surface area contributed by atoms with Crippen LogP contribution < -0.4 is 10.9 Å². The third-order valence-corrected chi connectivity index (χ3v) is 13.9. The zero-order chi connectivity index (χ0) is 52.5. The van der Waals surface area contributed by atoms with Crippen LogP contribution in [0.3, 0.4) is 0 Å². The number of nitro benzene ring substituents is 1. The van der Waals surface area contributed by atoms with E-state index in [0.717, 1.165) is 42.5 Å². The Labute approximate surface area is 402 Å². The molecule has 0 saturated heterocycles. The van der Waals surface area contributed by atoms with Crippen molar-refractivity contribution >= 4 is 137 Å². The molecular weight excluding hydrogens is 1080 g/mol. The van der Waals surface area contributed by atoms with Crippen molar-refractivity contribution in [3.05, 3.63) is 82.4 Å². The summed E-state index contributed by atoms with van der Waals surface area (Å²) in [5.74, 6) is -4.20. The second-order valence-corrected chi connectivity index (χ2v) is 20.5. The smallest absolute Gasteiger partial charge is 0.338 e. The minimum absolute atomic E-state index is 0.00559. The zero-order valence-electron chi connectivity index (χ0n) is 33.8. The number of nitro groups is 1. The molecule has 0 unspecified atom stereocenters. The van der Waals surface area contributed by atoms with E-state index in [2.05, 4.69) is 49.4 Å². The molecule has 71 heavy (non-hydrogen) atoms. The number of anilines is 1. The molecule has 374 valence electrons. The molecule has 0 atom stereocenters. The Morgan fingerprint density at radius 2 is 1.21 bits per heavy atom. The third-order valence-electron chi connectivity index (χ3n) is 9.06. The first-order chi connectivity index (χ1) is 33.1. The number of phenols is 2. The van der Waals surface area contributed by atoms with Gasteiger partial charge in [-0.3, -0.25) is 23.8 Å². The van der Waals surface area contributed by atoms with E-state index in [1.807, 2.05) is 0 Å². The highest BCUT2D eigenvalue weighted by atomic mass is 32.2. The van der Waals surface area contributed by atoms with Gasteiger partial charge in [-0.25, -0.2) is 28.9 Å². The highest BCUT2D eigenvalue weighted by Crippen LogP contribution is 2.51. The molecule has 0 amide bonds. The number of nitrogens with two attached hydrogens (primary N) is 2. The number of phenolic OH excluding ortho intramolecular Hbond substituents is 2. The molecule has 6 aromatic rings. The van der Waals surface area contributed by atoms with Crippen molar-refractivity contribution in [3.63, 3.8) is 0 Å². The number of hydrogen-bond acceptors (Lipinski definition) is 28. The molecule has 0 aromatic heterocycles. The van der Waals surface area contributed by atoms with Crippen LogP contribution in [0.5, 0.6) is 11.5 Å². The molecule has 6 aromatic carbocycles. The van der Waals surface area contributed by atoms with E-state index in [1.54, 1.807) is 0 Å². The van der Waals surface area contributed by atoms with Gasteiger partial charge >= 0.3 is 5.97 Å². The molecule has 0 bridgehead atoms. The van der Waals surface area contributed by atoms with Crippen LogP contribution in [-0.4, -0.2) is 84.1 Å². The van der Waals surface area contributed by atoms with E-state index in [4.69, 9.17) is 21.4 Å². The Kier molecular flexibility index (Phi) is 15.3. The van der Waals surface area contributed by atoms with Crippen molar-refractivity contribution < 1.29 is 102 Å². The third kappa shape index (κ3) is 11.5. The molecule has 0 spiro atoms. The summed E-state index contributed by atoms with van der Waals surface area (Å²) >= 11 is 0.382. The molecule has 0 fully saturated rings. The van der Waals surface area contributed by atoms with E-state index >= 15 is 0 Å². The summed E-state index contributed by atoms with van der Waals surface area (Å²) in [6.07, 6.45) is 0. The molecule has 0 saturated carbocycles. The summed E-state index contributed by atoms with van der Waals surface area (Å²) in [4.78, 5) is 17.7. The van der Waals surface area contributed by atoms with Crippen molar-refractivity contribution in [2.45, 2.75) is 29.4 Å². The number of primary sulfonamides is 1. The number of benzene rings is 6. The first-order valence-corrected chi connectivity index (χ1v) is 25.0. The Morgan fingerprint density at radius 3 is 1.80 bits per heavy atom. The fourth-order valence-electron chi connectivity index (χ4n) is 6.15. The second kappa shape index (κ2) is 20.4. The van der Waals surface area contributed by atoms with Gasteiger partial charge in [0.25, 0.3) is 36.0 Å². The minimum atomic E-state index is -5.65. The van der Waals surface area contributed by atoms with Crippen LogP contribution in [0.1, 0.15) is 10.4 Å². The van der Waals surface area contributed by atoms with E-state index in [-0.39, 0.29) is 16.9 Å². The van der Waals surface area contributed by atoms with Crippen molar-refractivity contribution in [1.29, 1.82) is 0 Å². The number of carboxylic acid groups (broad SMARTS) is 1. The van der Waals surface area contributed by atoms with E-state index in [1.165, 1.54) is 6.07 Å². The standard InChI is InChI=1S/C33H23N9O23S6/c34-27-21(11-24(69(53,54)55)17-9-23(67-65-63-50)28(31(44)26(17)27)40-37-19-4-1-12(66-64-62-49)7-22(19)42(47)48)39-38-20-6-3-14-15(32(20)71(59,60)61)10-25(70(56,57)58)29(30(14)43)41-36-18-5-2-13(68(35,51)52)8-16(18)33(45)46/h1-11,43-44,49-50H,34H2,(H,45,46)(H2,35,51,52)(H,53,54,55)(H,56,57,58)(H,59,60,61). The number of carbonyl (C=O) groups is 1. The Hall–Kier alpha value is -6.99. The summed E-state index contributed by atoms with van der Waals surface area (Å²) in [6.45, 7) is 0. The lowest BCUT2D eigenvalue weighted by Crippen LogP contribution is -2.13. The average Bonchev–Trinajstić information content (AvgIpc) is 3.27. The molecule has 0 radical (unpaired) electrons. The Morgan fingerprint density at radius 1 is 0.634 bits per heavy atom. The highest BCUT2D eigenvalue weighted by Gasteiger charge is 2.30. The normalized spacial score (nSPS) is 12.8. The van der Waals surface area contributed by atoms with Crippen LogP contribution in [-0.2, 0) is 59.1 Å². The van der Waals surface area contributed by atoms with Gasteiger partial charge in [-0.2, -0.15) is 25.3 Å². The number of azo groups is 3. The van der Waals surface area contributed by atoms with Crippen LogP contribution in [0.25, 0.3) is 21.5 Å². The maximum Gasteiger partial charge on any atom is 0.338 e. The van der Waals surface area contributed by atoms with Gasteiger partial charge in [-0.05, 0) is 60.7 Å². The molecule has 0 heterocycles. The molecular formula is C33H23N9O23S6. The van der Waals surface area contributed by atoms with Crippen LogP contribution in [0, 0.1) is 10.1 Å². The van der Waals surface area contributed by atoms with Gasteiger partial charge in [0.15, 0.2) is 17.2 Å². The number of aromatic carboxylic acids is 1. The van der Waals surface area contributed by atoms with Gasteiger partial charge in [0.05, 0.1) is 55.4 Å². The van der Waals surface area contributed by atoms with E-state index < -0.39 is 160 Å². The molecule has 0 aliphatic heterocycles. The lowest BCUT2D eigenvalue weighted by atomic mass is 10.0. The summed E-state index contributed by atoms with van der Waals surface area (Å²) in [5.41, 5.74) is -0.860. The van der Waals surface area contributed by atoms with Crippen molar-refractivity contribution in [2.75, 3.05) is 5.73 Å². The minimum Gasteiger partial charge on any atom is -0.505 e. The first kappa shape index (κ1) is 53.4. The summed E-state index contributed by atoms with van der Waals surface area (Å²) < 4.78 is 140. The molecule has 0 aliphatic rings. The number of nitrogen functional groups attached to an aromatic ring is 1. The van der Waals surface area contributed by atoms with Gasteiger partial charge < -0.3 is 21.1 Å². The fourth-order valence-corrected chi connectivity index (χ4v) is 9.73. The predicted octanol–water partition coefficient (Wildman–Crippen LogP) is 7.08.